The maximum Gasteiger partial charge on any atom is 0.262 e. The average molecular weight is 230 g/mol. The smallest absolute Gasteiger partial charge is 0.262 e. The molecule has 2 rings (SSSR count). The van der Waals surface area contributed by atoms with E-state index < -0.39 is 5.92 Å². The second kappa shape index (κ2) is 4.01. The summed E-state index contributed by atoms with van der Waals surface area (Å²) in [5, 5.41) is 7.07. The summed E-state index contributed by atoms with van der Waals surface area (Å²) in [6.07, 6.45) is 3.31. The molecule has 90 valence electrons. The summed E-state index contributed by atoms with van der Waals surface area (Å²) in [5.74, 6) is -2.60. The number of halogens is 2. The predicted molar refractivity (Wildman–Crippen MR) is 57.7 cm³/mol. The number of anilines is 1. The van der Waals surface area contributed by atoms with Gasteiger partial charge in [0.05, 0.1) is 18.4 Å². The van der Waals surface area contributed by atoms with E-state index in [1.54, 1.807) is 36.1 Å². The van der Waals surface area contributed by atoms with Crippen molar-refractivity contribution in [3.8, 4) is 0 Å². The molecule has 0 bridgehead atoms. The minimum Gasteiger partial charge on any atom is -0.378 e. The van der Waals surface area contributed by atoms with Crippen LogP contribution in [-0.2, 0) is 7.05 Å². The van der Waals surface area contributed by atoms with Crippen LogP contribution in [-0.4, -0.2) is 46.8 Å². The molecule has 1 aromatic heterocycles. The standard InChI is InChI=1S/C10H16F2N4/c1-15-5-8(3-10(11,12)7-15)14-9-4-13-16(2)6-9/h4,6,8,14H,3,5,7H2,1-2H3. The Morgan fingerprint density at radius 2 is 2.25 bits per heavy atom. The molecule has 0 aromatic carbocycles. The van der Waals surface area contributed by atoms with Crippen LogP contribution in [0.25, 0.3) is 0 Å². The fourth-order valence-corrected chi connectivity index (χ4v) is 2.15. The fraction of sp³-hybridized carbons (Fsp3) is 0.700. The first kappa shape index (κ1) is 11.3. The maximum absolute atomic E-state index is 13.3. The topological polar surface area (TPSA) is 33.1 Å². The third-order valence-corrected chi connectivity index (χ3v) is 2.65. The Morgan fingerprint density at radius 3 is 2.81 bits per heavy atom. The van der Waals surface area contributed by atoms with Crippen LogP contribution in [0.3, 0.4) is 0 Å². The minimum absolute atomic E-state index is 0.119. The quantitative estimate of drug-likeness (QED) is 0.828. The summed E-state index contributed by atoms with van der Waals surface area (Å²) in [7, 11) is 3.51. The van der Waals surface area contributed by atoms with E-state index in [4.69, 9.17) is 0 Å². The number of alkyl halides is 2. The summed E-state index contributed by atoms with van der Waals surface area (Å²) in [4.78, 5) is 1.65. The van der Waals surface area contributed by atoms with Gasteiger partial charge in [0.25, 0.3) is 5.92 Å². The molecule has 1 atom stereocenters. The first-order valence-electron chi connectivity index (χ1n) is 5.26. The van der Waals surface area contributed by atoms with Gasteiger partial charge in [0.15, 0.2) is 0 Å². The van der Waals surface area contributed by atoms with Crippen molar-refractivity contribution >= 4 is 5.69 Å². The fourth-order valence-electron chi connectivity index (χ4n) is 2.15. The van der Waals surface area contributed by atoms with Gasteiger partial charge in [-0.25, -0.2) is 8.78 Å². The SMILES string of the molecule is CN1CC(Nc2cnn(C)c2)CC(F)(F)C1. The van der Waals surface area contributed by atoms with Crippen LogP contribution in [0.1, 0.15) is 6.42 Å². The Bertz CT molecular complexity index is 363. The zero-order chi connectivity index (χ0) is 11.8. The Labute approximate surface area is 93.2 Å². The van der Waals surface area contributed by atoms with Gasteiger partial charge in [-0.2, -0.15) is 5.10 Å². The Kier molecular flexibility index (Phi) is 2.84. The molecule has 2 heterocycles. The number of nitrogens with zero attached hydrogens (tertiary/aromatic N) is 3. The normalized spacial score (nSPS) is 25.6. The van der Waals surface area contributed by atoms with Crippen molar-refractivity contribution < 1.29 is 8.78 Å². The molecule has 16 heavy (non-hydrogen) atoms. The van der Waals surface area contributed by atoms with Crippen molar-refractivity contribution in [2.75, 3.05) is 25.5 Å². The summed E-state index contributed by atoms with van der Waals surface area (Å²) >= 11 is 0. The molecular weight excluding hydrogens is 214 g/mol. The van der Waals surface area contributed by atoms with E-state index in [9.17, 15) is 8.78 Å². The highest BCUT2D eigenvalue weighted by atomic mass is 19.3. The van der Waals surface area contributed by atoms with E-state index in [0.29, 0.717) is 6.54 Å². The molecule has 1 unspecified atom stereocenters. The van der Waals surface area contributed by atoms with Crippen molar-refractivity contribution in [1.29, 1.82) is 0 Å². The van der Waals surface area contributed by atoms with Crippen molar-refractivity contribution in [2.24, 2.45) is 7.05 Å². The lowest BCUT2D eigenvalue weighted by Crippen LogP contribution is -2.50. The largest absolute Gasteiger partial charge is 0.378 e. The van der Waals surface area contributed by atoms with Gasteiger partial charge in [-0.3, -0.25) is 9.58 Å². The van der Waals surface area contributed by atoms with Crippen molar-refractivity contribution in [3.63, 3.8) is 0 Å². The molecule has 1 fully saturated rings. The molecule has 1 N–H and O–H groups in total. The van der Waals surface area contributed by atoms with Gasteiger partial charge in [0, 0.05) is 32.3 Å². The van der Waals surface area contributed by atoms with Gasteiger partial charge in [-0.05, 0) is 7.05 Å². The van der Waals surface area contributed by atoms with Gasteiger partial charge < -0.3 is 5.32 Å². The molecule has 1 aliphatic heterocycles. The number of hydrogen-bond donors (Lipinski definition) is 1. The Morgan fingerprint density at radius 1 is 1.50 bits per heavy atom. The van der Waals surface area contributed by atoms with Crippen LogP contribution in [0, 0.1) is 0 Å². The summed E-state index contributed by atoms with van der Waals surface area (Å²) in [5.41, 5.74) is 0.790. The predicted octanol–water partition coefficient (Wildman–Crippen LogP) is 1.17. The molecule has 0 radical (unpaired) electrons. The van der Waals surface area contributed by atoms with Crippen LogP contribution in [0.4, 0.5) is 14.5 Å². The molecule has 0 saturated carbocycles. The van der Waals surface area contributed by atoms with E-state index in [1.807, 2.05) is 0 Å². The van der Waals surface area contributed by atoms with Crippen LogP contribution >= 0.6 is 0 Å². The van der Waals surface area contributed by atoms with Crippen LogP contribution in [0.5, 0.6) is 0 Å². The number of nitrogens with one attached hydrogen (secondary N) is 1. The van der Waals surface area contributed by atoms with Crippen LogP contribution in [0.2, 0.25) is 0 Å². The number of aryl methyl sites for hydroxylation is 1. The zero-order valence-corrected chi connectivity index (χ0v) is 9.45. The van der Waals surface area contributed by atoms with Crippen molar-refractivity contribution in [2.45, 2.75) is 18.4 Å². The minimum atomic E-state index is -2.60. The Balaban J connectivity index is 1.99. The molecular formula is C10H16F2N4. The first-order chi connectivity index (χ1) is 7.44. The molecule has 1 aliphatic rings. The highest BCUT2D eigenvalue weighted by Gasteiger charge is 2.38. The van der Waals surface area contributed by atoms with Gasteiger partial charge >= 0.3 is 0 Å². The number of aromatic nitrogens is 2. The van der Waals surface area contributed by atoms with Crippen molar-refractivity contribution in [1.82, 2.24) is 14.7 Å². The molecule has 1 saturated heterocycles. The monoisotopic (exact) mass is 230 g/mol. The third kappa shape index (κ3) is 2.69. The van der Waals surface area contributed by atoms with E-state index in [0.717, 1.165) is 5.69 Å². The summed E-state index contributed by atoms with van der Waals surface area (Å²) in [6, 6.07) is -0.224. The molecule has 0 amide bonds. The van der Waals surface area contributed by atoms with E-state index in [-0.39, 0.29) is 19.0 Å². The molecule has 4 nitrogen and oxygen atoms in total. The van der Waals surface area contributed by atoms with E-state index in [2.05, 4.69) is 10.4 Å². The summed E-state index contributed by atoms with van der Waals surface area (Å²) in [6.45, 7) is 0.475. The van der Waals surface area contributed by atoms with Crippen LogP contribution in [0.15, 0.2) is 12.4 Å². The third-order valence-electron chi connectivity index (χ3n) is 2.65. The number of piperidine rings is 1. The zero-order valence-electron chi connectivity index (χ0n) is 9.45. The number of hydrogen-bond acceptors (Lipinski definition) is 3. The van der Waals surface area contributed by atoms with Gasteiger partial charge in [0.2, 0.25) is 0 Å². The second-order valence-electron chi connectivity index (χ2n) is 4.50. The van der Waals surface area contributed by atoms with Gasteiger partial charge in [-0.1, -0.05) is 0 Å². The molecule has 1 aromatic rings. The van der Waals surface area contributed by atoms with Gasteiger partial charge in [-0.15, -0.1) is 0 Å². The van der Waals surface area contributed by atoms with E-state index >= 15 is 0 Å². The average Bonchev–Trinajstić information content (AvgIpc) is 2.46. The number of rotatable bonds is 2. The maximum atomic E-state index is 13.3. The van der Waals surface area contributed by atoms with E-state index in [1.165, 1.54) is 0 Å². The number of likely N-dealkylation sites (tertiary alicyclic amines) is 1. The number of likely N-dealkylation sites (N-methyl/N-ethyl adjacent to an activating group) is 1. The molecule has 6 heteroatoms. The lowest BCUT2D eigenvalue weighted by molar-refractivity contribution is -0.0611. The second-order valence-corrected chi connectivity index (χ2v) is 4.50. The van der Waals surface area contributed by atoms with Crippen molar-refractivity contribution in [3.05, 3.63) is 12.4 Å². The summed E-state index contributed by atoms with van der Waals surface area (Å²) < 4.78 is 28.3. The highest BCUT2D eigenvalue weighted by molar-refractivity contribution is 5.39. The Hall–Kier alpha value is -1.17. The molecule has 0 aliphatic carbocycles. The highest BCUT2D eigenvalue weighted by Crippen LogP contribution is 2.27. The lowest BCUT2D eigenvalue weighted by Gasteiger charge is -2.35. The van der Waals surface area contributed by atoms with Crippen LogP contribution < -0.4 is 5.32 Å². The van der Waals surface area contributed by atoms with Gasteiger partial charge in [0.1, 0.15) is 0 Å². The lowest BCUT2D eigenvalue weighted by atomic mass is 10.0. The molecule has 0 spiro atoms. The first-order valence-corrected chi connectivity index (χ1v) is 5.26.